The summed E-state index contributed by atoms with van der Waals surface area (Å²) in [6.45, 7) is 9.84. The number of benzene rings is 1. The number of hydrogen-bond acceptors (Lipinski definition) is 7. The lowest BCUT2D eigenvalue weighted by atomic mass is 9.93. The fourth-order valence-electron chi connectivity index (χ4n) is 5.00. The Morgan fingerprint density at radius 1 is 1.14 bits per heavy atom. The molecule has 0 radical (unpaired) electrons. The number of hydroxylamine groups is 2. The number of hydrogen-bond donors (Lipinski definition) is 1. The summed E-state index contributed by atoms with van der Waals surface area (Å²) in [6, 6.07) is 6.96. The zero-order valence-electron chi connectivity index (χ0n) is 21.9. The van der Waals surface area contributed by atoms with Crippen LogP contribution in [-0.4, -0.2) is 85.3 Å². The van der Waals surface area contributed by atoms with Crippen LogP contribution in [0.1, 0.15) is 69.9 Å². The topological polar surface area (TPSA) is 97.8 Å². The molecule has 3 aliphatic rings. The van der Waals surface area contributed by atoms with Crippen molar-refractivity contribution in [3.8, 4) is 5.75 Å². The van der Waals surface area contributed by atoms with Gasteiger partial charge in [-0.3, -0.25) is 19.3 Å². The summed E-state index contributed by atoms with van der Waals surface area (Å²) in [7, 11) is 0. The lowest BCUT2D eigenvalue weighted by molar-refractivity contribution is -0.188. The SMILES string of the molecule is CC(=O)O.CCCON(CCC)C(=O)CN1CC(c2ccc3c(c2)CCO3)C[C@@H]1CCC1OCCO1. The van der Waals surface area contributed by atoms with Crippen molar-refractivity contribution >= 4 is 11.9 Å². The van der Waals surface area contributed by atoms with Gasteiger partial charge in [0.15, 0.2) is 6.29 Å². The Hall–Kier alpha value is -2.20. The highest BCUT2D eigenvalue weighted by molar-refractivity contribution is 5.77. The summed E-state index contributed by atoms with van der Waals surface area (Å²) < 4.78 is 17.0. The predicted molar refractivity (Wildman–Crippen MR) is 135 cm³/mol. The molecule has 0 aliphatic carbocycles. The van der Waals surface area contributed by atoms with E-state index in [9.17, 15) is 4.79 Å². The molecule has 3 aliphatic heterocycles. The summed E-state index contributed by atoms with van der Waals surface area (Å²) in [5, 5.41) is 8.99. The fraction of sp³-hybridized carbons (Fsp3) is 0.704. The number of carboxylic acids is 1. The maximum atomic E-state index is 13.1. The van der Waals surface area contributed by atoms with Crippen LogP contribution in [0.3, 0.4) is 0 Å². The molecule has 9 heteroatoms. The minimum absolute atomic E-state index is 0.0571. The highest BCUT2D eigenvalue weighted by Gasteiger charge is 2.36. The van der Waals surface area contributed by atoms with Gasteiger partial charge in [-0.25, -0.2) is 5.06 Å². The highest BCUT2D eigenvalue weighted by atomic mass is 16.7. The van der Waals surface area contributed by atoms with Crippen LogP contribution in [-0.2, 0) is 30.3 Å². The van der Waals surface area contributed by atoms with E-state index in [4.69, 9.17) is 28.9 Å². The van der Waals surface area contributed by atoms with E-state index in [0.29, 0.717) is 44.9 Å². The second-order valence-corrected chi connectivity index (χ2v) is 9.58. The van der Waals surface area contributed by atoms with Crippen molar-refractivity contribution in [1.29, 1.82) is 0 Å². The van der Waals surface area contributed by atoms with Crippen LogP contribution < -0.4 is 4.74 Å². The Morgan fingerprint density at radius 3 is 2.58 bits per heavy atom. The number of carboxylic acid groups (broad SMARTS) is 1. The molecule has 0 bridgehead atoms. The summed E-state index contributed by atoms with van der Waals surface area (Å²) >= 11 is 0. The van der Waals surface area contributed by atoms with E-state index >= 15 is 0 Å². The summed E-state index contributed by atoms with van der Waals surface area (Å²) in [5.74, 6) is 0.663. The van der Waals surface area contributed by atoms with Crippen LogP contribution in [0, 0.1) is 0 Å². The van der Waals surface area contributed by atoms with Gasteiger partial charge in [-0.15, -0.1) is 0 Å². The van der Waals surface area contributed by atoms with Gasteiger partial charge in [-0.05, 0) is 55.2 Å². The number of carbonyl (C=O) groups is 2. The predicted octanol–water partition coefficient (Wildman–Crippen LogP) is 3.60. The Balaban J connectivity index is 0.000000840. The zero-order valence-corrected chi connectivity index (χ0v) is 21.9. The van der Waals surface area contributed by atoms with Gasteiger partial charge in [0.1, 0.15) is 5.75 Å². The first-order valence-corrected chi connectivity index (χ1v) is 13.3. The standard InChI is InChI=1S/C25H38N2O5.C2H4O2/c1-3-10-27(32-11-4-2)24(28)18-26-17-21(16-22(26)6-8-25-30-13-14-31-25)19-5-7-23-20(15-19)9-12-29-23;1-2(3)4/h5,7,15,21-22,25H,3-4,6,8-14,16-18H2,1-2H3;1H3,(H,3,4)/t21?,22-;/m0./s1. The van der Waals surface area contributed by atoms with E-state index < -0.39 is 5.97 Å². The summed E-state index contributed by atoms with van der Waals surface area (Å²) in [4.78, 5) is 30.2. The second kappa shape index (κ2) is 14.5. The molecule has 1 amide bonds. The monoisotopic (exact) mass is 506 g/mol. The van der Waals surface area contributed by atoms with Gasteiger partial charge < -0.3 is 19.3 Å². The average molecular weight is 507 g/mol. The van der Waals surface area contributed by atoms with Crippen LogP contribution in [0.25, 0.3) is 0 Å². The molecule has 3 heterocycles. The number of amides is 1. The number of fused-ring (bicyclic) bond motifs is 1. The van der Waals surface area contributed by atoms with E-state index in [0.717, 1.165) is 64.3 Å². The van der Waals surface area contributed by atoms with Crippen molar-refractivity contribution in [1.82, 2.24) is 9.96 Å². The lowest BCUT2D eigenvalue weighted by Gasteiger charge is -2.28. The van der Waals surface area contributed by atoms with Crippen LogP contribution in [0.15, 0.2) is 18.2 Å². The number of rotatable bonds is 11. The Morgan fingerprint density at radius 2 is 1.89 bits per heavy atom. The molecule has 1 aromatic rings. The number of carbonyl (C=O) groups excluding carboxylic acids is 1. The van der Waals surface area contributed by atoms with Crippen molar-refractivity contribution in [3.63, 3.8) is 0 Å². The molecule has 2 atom stereocenters. The average Bonchev–Trinajstić information content (AvgIpc) is 3.60. The van der Waals surface area contributed by atoms with Crippen molar-refractivity contribution < 1.29 is 33.7 Å². The van der Waals surface area contributed by atoms with E-state index in [1.54, 1.807) is 5.06 Å². The Kier molecular flexibility index (Phi) is 11.4. The summed E-state index contributed by atoms with van der Waals surface area (Å²) in [5.41, 5.74) is 2.67. The number of aliphatic carboxylic acids is 1. The molecule has 2 fully saturated rings. The normalized spacial score (nSPS) is 21.5. The molecule has 9 nitrogen and oxygen atoms in total. The summed E-state index contributed by atoms with van der Waals surface area (Å²) in [6.07, 6.45) is 5.53. The molecule has 0 aromatic heterocycles. The van der Waals surface area contributed by atoms with Crippen molar-refractivity contribution in [3.05, 3.63) is 29.3 Å². The largest absolute Gasteiger partial charge is 0.493 e. The van der Waals surface area contributed by atoms with Crippen LogP contribution >= 0.6 is 0 Å². The fourth-order valence-corrected chi connectivity index (χ4v) is 5.00. The molecule has 0 spiro atoms. The van der Waals surface area contributed by atoms with E-state index in [-0.39, 0.29) is 12.2 Å². The van der Waals surface area contributed by atoms with Gasteiger partial charge >= 0.3 is 0 Å². The van der Waals surface area contributed by atoms with E-state index in [1.165, 1.54) is 11.1 Å². The molecule has 1 unspecified atom stereocenters. The van der Waals surface area contributed by atoms with Gasteiger partial charge in [0, 0.05) is 32.5 Å². The first kappa shape index (κ1) is 28.4. The van der Waals surface area contributed by atoms with Gasteiger partial charge in [-0.2, -0.15) is 0 Å². The number of likely N-dealkylation sites (tertiary alicyclic amines) is 1. The van der Waals surface area contributed by atoms with Crippen LogP contribution in [0.4, 0.5) is 0 Å². The van der Waals surface area contributed by atoms with Gasteiger partial charge in [-0.1, -0.05) is 26.0 Å². The van der Waals surface area contributed by atoms with Gasteiger partial charge in [0.25, 0.3) is 11.9 Å². The quantitative estimate of drug-likeness (QED) is 0.455. The Bertz CT molecular complexity index is 839. The molecule has 1 N–H and O–H groups in total. The van der Waals surface area contributed by atoms with E-state index in [2.05, 4.69) is 36.9 Å². The first-order chi connectivity index (χ1) is 17.4. The zero-order chi connectivity index (χ0) is 25.9. The van der Waals surface area contributed by atoms with E-state index in [1.807, 2.05) is 0 Å². The first-order valence-electron chi connectivity index (χ1n) is 13.3. The van der Waals surface area contributed by atoms with Crippen molar-refractivity contribution in [2.24, 2.45) is 0 Å². The minimum Gasteiger partial charge on any atom is -0.493 e. The lowest BCUT2D eigenvalue weighted by Crippen LogP contribution is -2.43. The van der Waals surface area contributed by atoms with Crippen LogP contribution in [0.2, 0.25) is 0 Å². The third kappa shape index (κ3) is 8.44. The third-order valence-electron chi connectivity index (χ3n) is 6.63. The molecule has 202 valence electrons. The van der Waals surface area contributed by atoms with Crippen LogP contribution in [0.5, 0.6) is 5.75 Å². The minimum atomic E-state index is -0.833. The third-order valence-corrected chi connectivity index (χ3v) is 6.63. The molecule has 36 heavy (non-hydrogen) atoms. The molecule has 1 aromatic carbocycles. The molecule has 2 saturated heterocycles. The van der Waals surface area contributed by atoms with Gasteiger partial charge in [0.2, 0.25) is 0 Å². The number of nitrogens with zero attached hydrogens (tertiary/aromatic N) is 2. The second-order valence-electron chi connectivity index (χ2n) is 9.58. The molecule has 4 rings (SSSR count). The maximum Gasteiger partial charge on any atom is 0.300 e. The smallest absolute Gasteiger partial charge is 0.300 e. The van der Waals surface area contributed by atoms with Crippen molar-refractivity contribution in [2.45, 2.75) is 77.5 Å². The molecule has 0 saturated carbocycles. The molecular weight excluding hydrogens is 464 g/mol. The highest BCUT2D eigenvalue weighted by Crippen LogP contribution is 2.37. The van der Waals surface area contributed by atoms with Crippen molar-refractivity contribution in [2.75, 3.05) is 46.1 Å². The van der Waals surface area contributed by atoms with Gasteiger partial charge in [0.05, 0.1) is 33.0 Å². The maximum absolute atomic E-state index is 13.1. The number of ether oxygens (including phenoxy) is 3. The Labute approximate surface area is 214 Å². The molecular formula is C27H42N2O7.